The van der Waals surface area contributed by atoms with Crippen molar-refractivity contribution in [3.8, 4) is 11.3 Å². The molecule has 1 amide bonds. The third-order valence-corrected chi connectivity index (χ3v) is 4.22. The first-order valence-corrected chi connectivity index (χ1v) is 7.93. The Morgan fingerprint density at radius 2 is 2.09 bits per heavy atom. The molecule has 1 saturated heterocycles. The van der Waals surface area contributed by atoms with Crippen LogP contribution in [0.5, 0.6) is 0 Å². The quantitative estimate of drug-likeness (QED) is 0.865. The number of rotatable bonds is 3. The Bertz CT molecular complexity index is 694. The lowest BCUT2D eigenvalue weighted by Gasteiger charge is -2.42. The second-order valence-electron chi connectivity index (χ2n) is 6.28. The summed E-state index contributed by atoms with van der Waals surface area (Å²) in [5.74, 6) is 0.667. The highest BCUT2D eigenvalue weighted by Crippen LogP contribution is 2.24. The normalized spacial score (nSPS) is 17.3. The summed E-state index contributed by atoms with van der Waals surface area (Å²) in [6, 6.07) is 9.11. The molecule has 6 heteroatoms. The topological polar surface area (TPSA) is 55.6 Å². The molecular formula is C17H19ClN2O3. The molecule has 2 heterocycles. The number of aromatic nitrogens is 1. The smallest absolute Gasteiger partial charge is 0.229 e. The van der Waals surface area contributed by atoms with E-state index in [1.54, 1.807) is 18.2 Å². The molecule has 0 spiro atoms. The number of ether oxygens (including phenoxy) is 1. The standard InChI is InChI=1S/C17H19ClN2O3/c1-17(2)11-22-8-7-20(17)16(21)10-14-9-15(23-19-14)12-3-5-13(18)6-4-12/h3-6,9H,7-8,10-11H2,1-2H3. The predicted molar refractivity (Wildman–Crippen MR) is 87.3 cm³/mol. The molecule has 0 saturated carbocycles. The van der Waals surface area contributed by atoms with Crippen molar-refractivity contribution in [1.29, 1.82) is 0 Å². The minimum atomic E-state index is -0.294. The van der Waals surface area contributed by atoms with Gasteiger partial charge in [-0.2, -0.15) is 0 Å². The van der Waals surface area contributed by atoms with Crippen LogP contribution in [0.25, 0.3) is 11.3 Å². The highest BCUT2D eigenvalue weighted by Gasteiger charge is 2.34. The van der Waals surface area contributed by atoms with Crippen molar-refractivity contribution < 1.29 is 14.1 Å². The van der Waals surface area contributed by atoms with E-state index >= 15 is 0 Å². The lowest BCUT2D eigenvalue weighted by molar-refractivity contribution is -0.145. The fourth-order valence-corrected chi connectivity index (χ4v) is 2.84. The van der Waals surface area contributed by atoms with Crippen molar-refractivity contribution in [2.24, 2.45) is 0 Å². The Hall–Kier alpha value is -1.85. The van der Waals surface area contributed by atoms with Gasteiger partial charge in [-0.15, -0.1) is 0 Å². The van der Waals surface area contributed by atoms with E-state index in [1.165, 1.54) is 0 Å². The van der Waals surface area contributed by atoms with Crippen LogP contribution in [-0.2, 0) is 16.0 Å². The molecule has 122 valence electrons. The molecule has 0 atom stereocenters. The summed E-state index contributed by atoms with van der Waals surface area (Å²) in [6.45, 7) is 5.74. The van der Waals surface area contributed by atoms with Crippen LogP contribution >= 0.6 is 11.6 Å². The van der Waals surface area contributed by atoms with Crippen LogP contribution in [0, 0.1) is 0 Å². The first-order chi connectivity index (χ1) is 11.0. The maximum absolute atomic E-state index is 12.5. The Kier molecular flexibility index (Phi) is 4.41. The second kappa shape index (κ2) is 6.34. The van der Waals surface area contributed by atoms with Gasteiger partial charge in [0.1, 0.15) is 0 Å². The van der Waals surface area contributed by atoms with Gasteiger partial charge in [0.05, 0.1) is 30.9 Å². The van der Waals surface area contributed by atoms with E-state index in [0.717, 1.165) is 5.56 Å². The van der Waals surface area contributed by atoms with Crippen LogP contribution in [-0.4, -0.2) is 41.3 Å². The van der Waals surface area contributed by atoms with Crippen LogP contribution in [0.1, 0.15) is 19.5 Å². The zero-order valence-corrected chi connectivity index (χ0v) is 14.0. The van der Waals surface area contributed by atoms with Crippen LogP contribution in [0.15, 0.2) is 34.9 Å². The van der Waals surface area contributed by atoms with Crippen molar-refractivity contribution in [2.75, 3.05) is 19.8 Å². The summed E-state index contributed by atoms with van der Waals surface area (Å²) in [5, 5.41) is 4.68. The van der Waals surface area contributed by atoms with E-state index in [-0.39, 0.29) is 17.9 Å². The zero-order valence-electron chi connectivity index (χ0n) is 13.2. The van der Waals surface area contributed by atoms with E-state index in [1.807, 2.05) is 30.9 Å². The van der Waals surface area contributed by atoms with Gasteiger partial charge in [0.25, 0.3) is 0 Å². The number of amides is 1. The number of carbonyl (C=O) groups is 1. The van der Waals surface area contributed by atoms with Crippen molar-refractivity contribution in [1.82, 2.24) is 10.1 Å². The van der Waals surface area contributed by atoms with Crippen molar-refractivity contribution in [2.45, 2.75) is 25.8 Å². The Morgan fingerprint density at radius 3 is 2.78 bits per heavy atom. The monoisotopic (exact) mass is 334 g/mol. The van der Waals surface area contributed by atoms with Crippen molar-refractivity contribution in [3.05, 3.63) is 41.0 Å². The van der Waals surface area contributed by atoms with Gasteiger partial charge < -0.3 is 14.2 Å². The number of hydrogen-bond acceptors (Lipinski definition) is 4. The summed E-state index contributed by atoms with van der Waals surface area (Å²) < 4.78 is 10.8. The lowest BCUT2D eigenvalue weighted by Crippen LogP contribution is -2.55. The van der Waals surface area contributed by atoms with Gasteiger partial charge in [-0.25, -0.2) is 0 Å². The Balaban J connectivity index is 1.71. The van der Waals surface area contributed by atoms with Gasteiger partial charge in [0, 0.05) is 23.2 Å². The number of halogens is 1. The van der Waals surface area contributed by atoms with Crippen LogP contribution in [0.4, 0.5) is 0 Å². The summed E-state index contributed by atoms with van der Waals surface area (Å²) in [6.07, 6.45) is 0.223. The van der Waals surface area contributed by atoms with Gasteiger partial charge in [0.2, 0.25) is 5.91 Å². The van der Waals surface area contributed by atoms with Gasteiger partial charge >= 0.3 is 0 Å². The molecular weight excluding hydrogens is 316 g/mol. The molecule has 1 aliphatic heterocycles. The lowest BCUT2D eigenvalue weighted by atomic mass is 10.0. The summed E-state index contributed by atoms with van der Waals surface area (Å²) in [7, 11) is 0. The zero-order chi connectivity index (χ0) is 16.4. The first kappa shape index (κ1) is 16.0. The van der Waals surface area contributed by atoms with Gasteiger partial charge in [-0.1, -0.05) is 16.8 Å². The number of carbonyl (C=O) groups excluding carboxylic acids is 1. The summed E-state index contributed by atoms with van der Waals surface area (Å²) in [4.78, 5) is 14.4. The van der Waals surface area contributed by atoms with Crippen molar-refractivity contribution in [3.63, 3.8) is 0 Å². The van der Waals surface area contributed by atoms with Gasteiger partial charge in [-0.05, 0) is 38.1 Å². The molecule has 1 fully saturated rings. The molecule has 1 aliphatic rings. The molecule has 23 heavy (non-hydrogen) atoms. The minimum Gasteiger partial charge on any atom is -0.377 e. The minimum absolute atomic E-state index is 0.0363. The maximum atomic E-state index is 12.5. The van der Waals surface area contributed by atoms with Gasteiger partial charge in [-0.3, -0.25) is 4.79 Å². The van der Waals surface area contributed by atoms with Crippen molar-refractivity contribution >= 4 is 17.5 Å². The summed E-state index contributed by atoms with van der Waals surface area (Å²) >= 11 is 5.88. The Labute approximate surface area is 140 Å². The Morgan fingerprint density at radius 1 is 1.35 bits per heavy atom. The van der Waals surface area contributed by atoms with Gasteiger partial charge in [0.15, 0.2) is 5.76 Å². The highest BCUT2D eigenvalue weighted by molar-refractivity contribution is 6.30. The first-order valence-electron chi connectivity index (χ1n) is 7.55. The fourth-order valence-electron chi connectivity index (χ4n) is 2.72. The second-order valence-corrected chi connectivity index (χ2v) is 6.71. The largest absolute Gasteiger partial charge is 0.377 e. The summed E-state index contributed by atoms with van der Waals surface area (Å²) in [5.41, 5.74) is 1.22. The predicted octanol–water partition coefficient (Wildman–Crippen LogP) is 3.17. The van der Waals surface area contributed by atoms with Crippen LogP contribution in [0.3, 0.4) is 0 Å². The van der Waals surface area contributed by atoms with Crippen LogP contribution in [0.2, 0.25) is 5.02 Å². The number of hydrogen-bond donors (Lipinski definition) is 0. The molecule has 1 aromatic heterocycles. The van der Waals surface area contributed by atoms with E-state index in [9.17, 15) is 4.79 Å². The number of morpholine rings is 1. The SMILES string of the molecule is CC1(C)COCCN1C(=O)Cc1cc(-c2ccc(Cl)cc2)on1. The number of nitrogens with zero attached hydrogens (tertiary/aromatic N) is 2. The van der Waals surface area contributed by atoms with E-state index in [0.29, 0.717) is 36.2 Å². The average molecular weight is 335 g/mol. The average Bonchev–Trinajstić information content (AvgIpc) is 2.95. The third-order valence-electron chi connectivity index (χ3n) is 3.97. The molecule has 5 nitrogen and oxygen atoms in total. The molecule has 0 unspecified atom stereocenters. The molecule has 2 aromatic rings. The molecule has 0 bridgehead atoms. The highest BCUT2D eigenvalue weighted by atomic mass is 35.5. The molecule has 0 N–H and O–H groups in total. The maximum Gasteiger partial charge on any atom is 0.229 e. The fraction of sp³-hybridized carbons (Fsp3) is 0.412. The van der Waals surface area contributed by atoms with E-state index in [4.69, 9.17) is 20.9 Å². The molecule has 0 radical (unpaired) electrons. The molecule has 0 aliphatic carbocycles. The van der Waals surface area contributed by atoms with E-state index < -0.39 is 0 Å². The third kappa shape index (κ3) is 3.57. The van der Waals surface area contributed by atoms with E-state index in [2.05, 4.69) is 5.16 Å². The molecule has 1 aromatic carbocycles. The number of benzene rings is 1. The van der Waals surface area contributed by atoms with Crippen LogP contribution < -0.4 is 0 Å². The molecule has 3 rings (SSSR count).